The van der Waals surface area contributed by atoms with E-state index in [1.165, 1.54) is 0 Å². The molecule has 0 aromatic heterocycles. The van der Waals surface area contributed by atoms with Crippen LogP contribution in [-0.4, -0.2) is 12.6 Å². The molecule has 0 saturated carbocycles. The molecule has 0 saturated heterocycles. The Labute approximate surface area is 70.6 Å². The quantitative estimate of drug-likeness (QED) is 0.471. The van der Waals surface area contributed by atoms with Crippen LogP contribution in [0.25, 0.3) is 0 Å². The Balaban J connectivity index is 3.19. The van der Waals surface area contributed by atoms with E-state index in [4.69, 9.17) is 6.42 Å². The minimum absolute atomic E-state index is 0.604. The Morgan fingerprint density at radius 2 is 2.00 bits per heavy atom. The highest BCUT2D eigenvalue weighted by Crippen LogP contribution is 1.99. The van der Waals surface area contributed by atoms with Crippen molar-refractivity contribution < 1.29 is 0 Å². The topological polar surface area (TPSA) is 12.0 Å². The van der Waals surface area contributed by atoms with Gasteiger partial charge < -0.3 is 5.32 Å². The minimum atomic E-state index is 0.604. The molecule has 0 amide bonds. The fourth-order valence-corrected chi connectivity index (χ4v) is 0.756. The zero-order chi connectivity index (χ0) is 8.69. The zero-order valence-electron chi connectivity index (χ0n) is 7.85. The molecular weight excluding hydrogens is 134 g/mol. The molecule has 1 heteroatoms. The van der Waals surface area contributed by atoms with E-state index in [2.05, 4.69) is 32.0 Å². The SMILES string of the molecule is C#CCCCNC(C)C(C)C. The number of hydrogen-bond acceptors (Lipinski definition) is 1. The number of hydrogen-bond donors (Lipinski definition) is 1. The third-order valence-electron chi connectivity index (χ3n) is 1.96. The highest BCUT2D eigenvalue weighted by molar-refractivity contribution is 4.83. The van der Waals surface area contributed by atoms with Gasteiger partial charge in [-0.15, -0.1) is 12.3 Å². The molecule has 0 aliphatic carbocycles. The van der Waals surface area contributed by atoms with Gasteiger partial charge in [-0.3, -0.25) is 0 Å². The lowest BCUT2D eigenvalue weighted by Gasteiger charge is -2.16. The molecular formula is C10H19N. The van der Waals surface area contributed by atoms with Crippen LogP contribution in [-0.2, 0) is 0 Å². The van der Waals surface area contributed by atoms with Crippen LogP contribution < -0.4 is 5.32 Å². The summed E-state index contributed by atoms with van der Waals surface area (Å²) >= 11 is 0. The molecule has 0 spiro atoms. The smallest absolute Gasteiger partial charge is 0.00981 e. The van der Waals surface area contributed by atoms with Gasteiger partial charge in [0.25, 0.3) is 0 Å². The minimum Gasteiger partial charge on any atom is -0.314 e. The summed E-state index contributed by atoms with van der Waals surface area (Å²) in [5.41, 5.74) is 0. The molecule has 0 rings (SSSR count). The molecule has 1 unspecified atom stereocenters. The Bertz CT molecular complexity index is 121. The predicted molar refractivity (Wildman–Crippen MR) is 50.4 cm³/mol. The van der Waals surface area contributed by atoms with Gasteiger partial charge in [0.2, 0.25) is 0 Å². The molecule has 0 heterocycles. The monoisotopic (exact) mass is 153 g/mol. The molecule has 0 radical (unpaired) electrons. The van der Waals surface area contributed by atoms with Crippen LogP contribution in [0.2, 0.25) is 0 Å². The third-order valence-corrected chi connectivity index (χ3v) is 1.96. The summed E-state index contributed by atoms with van der Waals surface area (Å²) in [4.78, 5) is 0. The van der Waals surface area contributed by atoms with Crippen LogP contribution in [0.3, 0.4) is 0 Å². The van der Waals surface area contributed by atoms with Gasteiger partial charge in [0.1, 0.15) is 0 Å². The maximum absolute atomic E-state index is 5.13. The average molecular weight is 153 g/mol. The summed E-state index contributed by atoms with van der Waals surface area (Å²) in [5.74, 6) is 3.34. The van der Waals surface area contributed by atoms with E-state index in [1.807, 2.05) is 0 Å². The van der Waals surface area contributed by atoms with Gasteiger partial charge in [0.15, 0.2) is 0 Å². The average Bonchev–Trinajstić information content (AvgIpc) is 1.97. The fourth-order valence-electron chi connectivity index (χ4n) is 0.756. The molecule has 0 aromatic rings. The second kappa shape index (κ2) is 6.24. The van der Waals surface area contributed by atoms with Crippen molar-refractivity contribution in [1.82, 2.24) is 5.32 Å². The van der Waals surface area contributed by atoms with Crippen molar-refractivity contribution in [2.45, 2.75) is 39.7 Å². The molecule has 1 N–H and O–H groups in total. The lowest BCUT2D eigenvalue weighted by atomic mass is 10.1. The summed E-state index contributed by atoms with van der Waals surface area (Å²) < 4.78 is 0. The molecule has 64 valence electrons. The second-order valence-electron chi connectivity index (χ2n) is 3.29. The number of unbranched alkanes of at least 4 members (excludes halogenated alkanes) is 1. The summed E-state index contributed by atoms with van der Waals surface area (Å²) in [6, 6.07) is 0.604. The van der Waals surface area contributed by atoms with Crippen LogP contribution in [0, 0.1) is 18.3 Å². The maximum Gasteiger partial charge on any atom is 0.00981 e. The van der Waals surface area contributed by atoms with Crippen LogP contribution in [0.4, 0.5) is 0 Å². The first-order chi connectivity index (χ1) is 5.18. The van der Waals surface area contributed by atoms with Crippen LogP contribution >= 0.6 is 0 Å². The van der Waals surface area contributed by atoms with Crippen LogP contribution in [0.5, 0.6) is 0 Å². The van der Waals surface area contributed by atoms with Gasteiger partial charge in [0, 0.05) is 12.5 Å². The van der Waals surface area contributed by atoms with Crippen LogP contribution in [0.1, 0.15) is 33.6 Å². The van der Waals surface area contributed by atoms with Gasteiger partial charge in [-0.05, 0) is 25.8 Å². The van der Waals surface area contributed by atoms with Crippen molar-refractivity contribution in [3.8, 4) is 12.3 Å². The van der Waals surface area contributed by atoms with Gasteiger partial charge >= 0.3 is 0 Å². The highest BCUT2D eigenvalue weighted by atomic mass is 14.9. The molecule has 0 bridgehead atoms. The Morgan fingerprint density at radius 3 is 2.45 bits per heavy atom. The molecule has 0 aromatic carbocycles. The van der Waals surface area contributed by atoms with E-state index in [-0.39, 0.29) is 0 Å². The Hall–Kier alpha value is -0.480. The van der Waals surface area contributed by atoms with Crippen molar-refractivity contribution in [1.29, 1.82) is 0 Å². The van der Waals surface area contributed by atoms with E-state index >= 15 is 0 Å². The number of rotatable bonds is 5. The standard InChI is InChI=1S/C10H19N/c1-5-6-7-8-11-10(4)9(2)3/h1,9-11H,6-8H2,2-4H3. The van der Waals surface area contributed by atoms with Crippen molar-refractivity contribution in [2.24, 2.45) is 5.92 Å². The first-order valence-electron chi connectivity index (χ1n) is 4.35. The van der Waals surface area contributed by atoms with Gasteiger partial charge in [-0.2, -0.15) is 0 Å². The van der Waals surface area contributed by atoms with Gasteiger partial charge in [0.05, 0.1) is 0 Å². The fraction of sp³-hybridized carbons (Fsp3) is 0.800. The zero-order valence-corrected chi connectivity index (χ0v) is 7.85. The number of nitrogens with one attached hydrogen (secondary N) is 1. The molecule has 1 nitrogen and oxygen atoms in total. The molecule has 0 fully saturated rings. The Kier molecular flexibility index (Phi) is 5.97. The molecule has 0 aliphatic heterocycles. The lowest BCUT2D eigenvalue weighted by molar-refractivity contribution is 0.425. The first-order valence-corrected chi connectivity index (χ1v) is 4.35. The summed E-state index contributed by atoms with van der Waals surface area (Å²) in [7, 11) is 0. The van der Waals surface area contributed by atoms with E-state index in [0.29, 0.717) is 12.0 Å². The maximum atomic E-state index is 5.13. The van der Waals surface area contributed by atoms with Crippen molar-refractivity contribution in [3.63, 3.8) is 0 Å². The number of terminal acetylenes is 1. The largest absolute Gasteiger partial charge is 0.314 e. The van der Waals surface area contributed by atoms with E-state index in [0.717, 1.165) is 19.4 Å². The van der Waals surface area contributed by atoms with E-state index < -0.39 is 0 Å². The molecule has 1 atom stereocenters. The van der Waals surface area contributed by atoms with Gasteiger partial charge in [-0.25, -0.2) is 0 Å². The first kappa shape index (κ1) is 10.5. The van der Waals surface area contributed by atoms with Crippen molar-refractivity contribution in [3.05, 3.63) is 0 Å². The van der Waals surface area contributed by atoms with Crippen molar-refractivity contribution >= 4 is 0 Å². The van der Waals surface area contributed by atoms with Crippen molar-refractivity contribution in [2.75, 3.05) is 6.54 Å². The molecule has 0 aliphatic rings. The Morgan fingerprint density at radius 1 is 1.36 bits per heavy atom. The lowest BCUT2D eigenvalue weighted by Crippen LogP contribution is -2.31. The summed E-state index contributed by atoms with van der Waals surface area (Å²) in [6.45, 7) is 7.70. The summed E-state index contributed by atoms with van der Waals surface area (Å²) in [5, 5.41) is 3.42. The van der Waals surface area contributed by atoms with Crippen LogP contribution in [0.15, 0.2) is 0 Å². The summed E-state index contributed by atoms with van der Waals surface area (Å²) in [6.07, 6.45) is 7.10. The van der Waals surface area contributed by atoms with E-state index in [9.17, 15) is 0 Å². The second-order valence-corrected chi connectivity index (χ2v) is 3.29. The predicted octanol–water partition coefficient (Wildman–Crippen LogP) is 2.03. The normalized spacial score (nSPS) is 13.0. The van der Waals surface area contributed by atoms with E-state index in [1.54, 1.807) is 0 Å². The third kappa shape index (κ3) is 5.94. The highest BCUT2D eigenvalue weighted by Gasteiger charge is 2.03. The van der Waals surface area contributed by atoms with Gasteiger partial charge in [-0.1, -0.05) is 13.8 Å². The molecule has 11 heavy (non-hydrogen) atoms.